The molecule has 0 spiro atoms. The summed E-state index contributed by atoms with van der Waals surface area (Å²) >= 11 is 6.00. The Morgan fingerprint density at radius 1 is 1.10 bits per heavy atom. The third-order valence-corrected chi connectivity index (χ3v) is 7.10. The second kappa shape index (κ2) is 9.30. The van der Waals surface area contributed by atoms with E-state index in [4.69, 9.17) is 21.1 Å². The molecule has 31 heavy (non-hydrogen) atoms. The quantitative estimate of drug-likeness (QED) is 0.469. The molecule has 0 aromatic heterocycles. The van der Waals surface area contributed by atoms with E-state index in [0.29, 0.717) is 23.4 Å². The monoisotopic (exact) mass is 465 g/mol. The summed E-state index contributed by atoms with van der Waals surface area (Å²) in [5.74, 6) is -0.256. The number of nitrogens with one attached hydrogen (secondary N) is 1. The van der Waals surface area contributed by atoms with Gasteiger partial charge in [0.25, 0.3) is 0 Å². The Labute approximate surface area is 187 Å². The number of sulfonamides is 1. The molecule has 0 unspecified atom stereocenters. The number of benzene rings is 2. The summed E-state index contributed by atoms with van der Waals surface area (Å²) in [6.07, 6.45) is 4.87. The zero-order chi connectivity index (χ0) is 22.6. The Morgan fingerprint density at radius 2 is 1.77 bits per heavy atom. The van der Waals surface area contributed by atoms with Crippen molar-refractivity contribution in [3.8, 4) is 11.5 Å². The first kappa shape index (κ1) is 23.1. The van der Waals surface area contributed by atoms with Crippen molar-refractivity contribution in [1.82, 2.24) is 4.72 Å². The van der Waals surface area contributed by atoms with Crippen LogP contribution in [0.3, 0.4) is 0 Å². The maximum Gasteiger partial charge on any atom is 0.330 e. The van der Waals surface area contributed by atoms with Crippen LogP contribution in [0.5, 0.6) is 11.5 Å². The maximum atomic E-state index is 13.5. The minimum atomic E-state index is -4.02. The van der Waals surface area contributed by atoms with Crippen molar-refractivity contribution < 1.29 is 27.4 Å². The van der Waals surface area contributed by atoms with Gasteiger partial charge >= 0.3 is 5.97 Å². The highest BCUT2D eigenvalue weighted by Gasteiger charge is 2.43. The number of esters is 1. The summed E-state index contributed by atoms with van der Waals surface area (Å²) in [5, 5.41) is 0.581. The zero-order valence-corrected chi connectivity index (χ0v) is 19.0. The molecule has 166 valence electrons. The highest BCUT2D eigenvalue weighted by molar-refractivity contribution is 7.89. The van der Waals surface area contributed by atoms with Crippen molar-refractivity contribution >= 4 is 33.7 Å². The highest BCUT2D eigenvalue weighted by atomic mass is 35.5. The van der Waals surface area contributed by atoms with Gasteiger partial charge in [0.15, 0.2) is 11.5 Å². The summed E-state index contributed by atoms with van der Waals surface area (Å²) in [6.45, 7) is 0. The summed E-state index contributed by atoms with van der Waals surface area (Å²) in [5.41, 5.74) is 0.566. The van der Waals surface area contributed by atoms with Crippen LogP contribution >= 0.6 is 11.6 Å². The van der Waals surface area contributed by atoms with Gasteiger partial charge in [0, 0.05) is 11.1 Å². The molecule has 0 aliphatic heterocycles. The lowest BCUT2D eigenvalue weighted by Gasteiger charge is -2.42. The van der Waals surface area contributed by atoms with Crippen molar-refractivity contribution in [2.45, 2.75) is 29.7 Å². The van der Waals surface area contributed by atoms with E-state index in [1.807, 2.05) is 12.1 Å². The topological polar surface area (TPSA) is 90.9 Å². The molecule has 0 radical (unpaired) electrons. The van der Waals surface area contributed by atoms with Crippen LogP contribution in [0.4, 0.5) is 0 Å². The van der Waals surface area contributed by atoms with Crippen molar-refractivity contribution in [2.24, 2.45) is 0 Å². The molecule has 0 saturated heterocycles. The summed E-state index contributed by atoms with van der Waals surface area (Å²) < 4.78 is 45.1. The fraction of sp³-hybridized carbons (Fsp3) is 0.318. The van der Waals surface area contributed by atoms with Gasteiger partial charge in [-0.05, 0) is 60.7 Å². The fourth-order valence-electron chi connectivity index (χ4n) is 3.54. The predicted octanol–water partition coefficient (Wildman–Crippen LogP) is 3.90. The van der Waals surface area contributed by atoms with E-state index in [1.165, 1.54) is 39.5 Å². The van der Waals surface area contributed by atoms with Gasteiger partial charge in [-0.3, -0.25) is 0 Å². The van der Waals surface area contributed by atoms with Crippen LogP contribution < -0.4 is 14.2 Å². The fourth-order valence-corrected chi connectivity index (χ4v) is 5.33. The third kappa shape index (κ3) is 4.87. The SMILES string of the molecule is COC(=O)/C=C/c1cc(OC)c(OC)c(S(=O)(=O)NC2(c3ccc(Cl)cc3)CCC2)c1. The number of methoxy groups -OCH3 is 3. The molecule has 0 heterocycles. The van der Waals surface area contributed by atoms with Crippen LogP contribution in [0.2, 0.25) is 5.02 Å². The van der Waals surface area contributed by atoms with E-state index in [1.54, 1.807) is 18.2 Å². The number of rotatable bonds is 8. The lowest BCUT2D eigenvalue weighted by atomic mass is 9.73. The minimum Gasteiger partial charge on any atom is -0.493 e. The Balaban J connectivity index is 2.05. The minimum absolute atomic E-state index is 0.0794. The summed E-state index contributed by atoms with van der Waals surface area (Å²) in [4.78, 5) is 11.4. The molecule has 7 nitrogen and oxygen atoms in total. The first-order valence-electron chi connectivity index (χ1n) is 9.57. The average molecular weight is 466 g/mol. The molecule has 9 heteroatoms. The van der Waals surface area contributed by atoms with E-state index in [9.17, 15) is 13.2 Å². The number of ether oxygens (including phenoxy) is 3. The molecule has 0 amide bonds. The predicted molar refractivity (Wildman–Crippen MR) is 118 cm³/mol. The molecule has 3 rings (SSSR count). The molecule has 1 saturated carbocycles. The number of carbonyl (C=O) groups is 1. The van der Waals surface area contributed by atoms with E-state index in [0.717, 1.165) is 12.0 Å². The van der Waals surface area contributed by atoms with Gasteiger partial charge in [-0.25, -0.2) is 17.9 Å². The van der Waals surface area contributed by atoms with Crippen molar-refractivity contribution in [2.75, 3.05) is 21.3 Å². The highest BCUT2D eigenvalue weighted by Crippen LogP contribution is 2.44. The largest absolute Gasteiger partial charge is 0.493 e. The lowest BCUT2D eigenvalue weighted by Crippen LogP contribution is -2.50. The van der Waals surface area contributed by atoms with Crippen molar-refractivity contribution in [3.63, 3.8) is 0 Å². The molecular formula is C22H24ClNO6S. The van der Waals surface area contributed by atoms with Gasteiger partial charge in [-0.2, -0.15) is 0 Å². The molecule has 1 aliphatic carbocycles. The summed E-state index contributed by atoms with van der Waals surface area (Å²) in [6, 6.07) is 10.2. The molecule has 0 atom stereocenters. The van der Waals surface area contributed by atoms with Gasteiger partial charge in [-0.1, -0.05) is 23.7 Å². The van der Waals surface area contributed by atoms with Crippen molar-refractivity contribution in [1.29, 1.82) is 0 Å². The third-order valence-electron chi connectivity index (χ3n) is 5.30. The van der Waals surface area contributed by atoms with Crippen LogP contribution in [0.25, 0.3) is 6.08 Å². The Bertz CT molecular complexity index is 1090. The lowest BCUT2D eigenvalue weighted by molar-refractivity contribution is -0.134. The van der Waals surface area contributed by atoms with Gasteiger partial charge in [0.05, 0.1) is 26.9 Å². The Hall–Kier alpha value is -2.55. The normalized spacial score (nSPS) is 15.4. The van der Waals surface area contributed by atoms with Crippen LogP contribution in [-0.2, 0) is 25.1 Å². The number of hydrogen-bond acceptors (Lipinski definition) is 6. The second-order valence-electron chi connectivity index (χ2n) is 7.16. The standard InChI is InChI=1S/C22H24ClNO6S/c1-28-18-13-15(5-10-20(25)29-2)14-19(21(18)30-3)31(26,27)24-22(11-4-12-22)16-6-8-17(23)9-7-16/h5-10,13-14,24H,4,11-12H2,1-3H3/b10-5+. The van der Waals surface area contributed by atoms with Crippen LogP contribution in [0, 0.1) is 0 Å². The van der Waals surface area contributed by atoms with E-state index in [-0.39, 0.29) is 16.4 Å². The Kier molecular flexibility index (Phi) is 6.93. The van der Waals surface area contributed by atoms with Crippen LogP contribution in [0.1, 0.15) is 30.4 Å². The van der Waals surface area contributed by atoms with E-state index in [2.05, 4.69) is 9.46 Å². The first-order valence-corrected chi connectivity index (χ1v) is 11.4. The average Bonchev–Trinajstić information content (AvgIpc) is 2.74. The van der Waals surface area contributed by atoms with Gasteiger partial charge in [0.1, 0.15) is 4.90 Å². The molecule has 2 aromatic carbocycles. The van der Waals surface area contributed by atoms with Gasteiger partial charge in [0.2, 0.25) is 10.0 Å². The van der Waals surface area contributed by atoms with E-state index < -0.39 is 21.5 Å². The zero-order valence-electron chi connectivity index (χ0n) is 17.5. The second-order valence-corrected chi connectivity index (χ2v) is 9.25. The van der Waals surface area contributed by atoms with Crippen molar-refractivity contribution in [3.05, 3.63) is 58.6 Å². The van der Waals surface area contributed by atoms with Crippen LogP contribution in [0.15, 0.2) is 47.4 Å². The first-order chi connectivity index (χ1) is 14.7. The van der Waals surface area contributed by atoms with Crippen LogP contribution in [-0.4, -0.2) is 35.7 Å². The smallest absolute Gasteiger partial charge is 0.330 e. The number of hydrogen-bond donors (Lipinski definition) is 1. The molecule has 1 N–H and O–H groups in total. The summed E-state index contributed by atoms with van der Waals surface area (Å²) in [7, 11) is 0.0302. The molecule has 2 aromatic rings. The molecular weight excluding hydrogens is 442 g/mol. The van der Waals surface area contributed by atoms with Gasteiger partial charge in [-0.15, -0.1) is 0 Å². The Morgan fingerprint density at radius 3 is 2.29 bits per heavy atom. The molecule has 1 fully saturated rings. The molecule has 1 aliphatic rings. The number of halogens is 1. The van der Waals surface area contributed by atoms with E-state index >= 15 is 0 Å². The van der Waals surface area contributed by atoms with Gasteiger partial charge < -0.3 is 14.2 Å². The maximum absolute atomic E-state index is 13.5. The number of carbonyl (C=O) groups excluding carboxylic acids is 1. The molecule has 0 bridgehead atoms.